The highest BCUT2D eigenvalue weighted by Crippen LogP contribution is 2.48. The molecule has 4 aromatic heterocycles. The average Bonchev–Trinajstić information content (AvgIpc) is 4.00. The molecule has 10 rings (SSSR count). The van der Waals surface area contributed by atoms with Crippen molar-refractivity contribution in [2.24, 2.45) is 0 Å². The summed E-state index contributed by atoms with van der Waals surface area (Å²) in [6, 6.07) is 3.02. The lowest BCUT2D eigenvalue weighted by Gasteiger charge is -2.42. The number of ether oxygens (including phenoxy) is 3. The second-order valence-corrected chi connectivity index (χ2v) is 18.1. The molecule has 17 heteroatoms. The van der Waals surface area contributed by atoms with Crippen LogP contribution in [0.5, 0.6) is 6.01 Å². The maximum absolute atomic E-state index is 15.4. The first-order valence-corrected chi connectivity index (χ1v) is 20.8. The first kappa shape index (κ1) is 38.4. The van der Waals surface area contributed by atoms with Crippen molar-refractivity contribution in [3.8, 4) is 17.1 Å². The predicted octanol–water partition coefficient (Wildman–Crippen LogP) is 7.86. The van der Waals surface area contributed by atoms with Crippen molar-refractivity contribution >= 4 is 39.5 Å². The fourth-order valence-electron chi connectivity index (χ4n) is 10.6. The quantitative estimate of drug-likeness (QED) is 0.157. The Hall–Kier alpha value is -4.77. The Bertz CT molecular complexity index is 2440. The Morgan fingerprint density at radius 3 is 2.56 bits per heavy atom. The number of imidazole rings is 1. The monoisotopic (exact) mass is 819 g/mol. The number of aryl methyl sites for hydroxylation is 1. The average molecular weight is 820 g/mol. The number of likely N-dealkylation sites (tertiary alicyclic amines) is 1. The van der Waals surface area contributed by atoms with E-state index in [0.717, 1.165) is 45.1 Å². The molecule has 0 saturated carbocycles. The van der Waals surface area contributed by atoms with Crippen LogP contribution < -0.4 is 9.64 Å². The number of rotatable bonds is 6. The van der Waals surface area contributed by atoms with Crippen LogP contribution in [0, 0.1) is 6.92 Å². The van der Waals surface area contributed by atoms with Gasteiger partial charge in [0.15, 0.2) is 12.0 Å². The third-order valence-electron chi connectivity index (χ3n) is 13.0. The lowest BCUT2D eigenvalue weighted by atomic mass is 9.92. The van der Waals surface area contributed by atoms with Crippen molar-refractivity contribution < 1.29 is 36.6 Å². The summed E-state index contributed by atoms with van der Waals surface area (Å²) in [7, 11) is 0. The van der Waals surface area contributed by atoms with Crippen LogP contribution in [0.2, 0.25) is 0 Å². The summed E-state index contributed by atoms with van der Waals surface area (Å²) in [6.07, 6.45) is 4.55. The van der Waals surface area contributed by atoms with Crippen LogP contribution in [0.1, 0.15) is 89.5 Å². The number of aromatic nitrogens is 6. The van der Waals surface area contributed by atoms with Crippen LogP contribution in [0.4, 0.5) is 28.2 Å². The second kappa shape index (κ2) is 13.9. The molecule has 0 N–H and O–H groups in total. The van der Waals surface area contributed by atoms with Crippen LogP contribution in [-0.4, -0.2) is 114 Å². The van der Waals surface area contributed by atoms with Crippen LogP contribution in [0.15, 0.2) is 30.7 Å². The molecule has 5 atom stereocenters. The van der Waals surface area contributed by atoms with Crippen LogP contribution in [0.3, 0.4) is 0 Å². The van der Waals surface area contributed by atoms with Gasteiger partial charge in [-0.15, -0.1) is 0 Å². The zero-order valence-corrected chi connectivity index (χ0v) is 33.8. The van der Waals surface area contributed by atoms with E-state index in [2.05, 4.69) is 14.9 Å². The van der Waals surface area contributed by atoms with Gasteiger partial charge in [0.05, 0.1) is 28.3 Å². The molecule has 59 heavy (non-hydrogen) atoms. The van der Waals surface area contributed by atoms with Gasteiger partial charge >= 0.3 is 18.3 Å². The molecule has 0 aliphatic carbocycles. The van der Waals surface area contributed by atoms with Gasteiger partial charge in [-0.05, 0) is 96.9 Å². The number of halogens is 4. The van der Waals surface area contributed by atoms with E-state index in [4.69, 9.17) is 29.2 Å². The standard InChI is InChI=1S/C42H49F4N9O4/c1-24-16-31-29(19-48-55(31)32-8-5-6-15-57-32)33(34(24)42(44,45)46)28-17-30-35(53-14-12-47-36(28)53)37(50-38(49-30)58-23-41-11-7-13-52(41)20-25(43)18-41)54-26-9-10-27(54)22-51(21-26)39(56)59-40(2,3)4/h12,14,16-17,19,25-27,32H,5-11,13,15,18,20-23H2,1-4H3/t25-,26-,27+,32?,41+/m1/s1. The first-order chi connectivity index (χ1) is 28.2. The smallest absolute Gasteiger partial charge is 0.417 e. The minimum Gasteiger partial charge on any atom is -0.461 e. The molecule has 0 spiro atoms. The van der Waals surface area contributed by atoms with Crippen molar-refractivity contribution in [2.45, 2.75) is 121 Å². The zero-order valence-electron chi connectivity index (χ0n) is 33.8. The number of nitrogens with zero attached hydrogens (tertiary/aromatic N) is 9. The van der Waals surface area contributed by atoms with Crippen LogP contribution >= 0.6 is 0 Å². The fourth-order valence-corrected chi connectivity index (χ4v) is 10.6. The fraction of sp³-hybridized carbons (Fsp3) is 0.595. The third-order valence-corrected chi connectivity index (χ3v) is 13.0. The molecule has 1 unspecified atom stereocenters. The van der Waals surface area contributed by atoms with E-state index in [1.165, 1.54) is 13.1 Å². The molecule has 5 saturated heterocycles. The van der Waals surface area contributed by atoms with E-state index in [1.807, 2.05) is 20.8 Å². The van der Waals surface area contributed by atoms with Crippen LogP contribution in [0.25, 0.3) is 38.7 Å². The minimum atomic E-state index is -4.71. The van der Waals surface area contributed by atoms with Crippen molar-refractivity contribution in [1.29, 1.82) is 0 Å². The molecule has 1 amide bonds. The number of pyridine rings is 1. The predicted molar refractivity (Wildman–Crippen MR) is 211 cm³/mol. The molecular formula is C42H49F4N9O4. The third kappa shape index (κ3) is 6.53. The van der Waals surface area contributed by atoms with Crippen molar-refractivity contribution in [2.75, 3.05) is 44.3 Å². The Morgan fingerprint density at radius 2 is 1.83 bits per heavy atom. The lowest BCUT2D eigenvalue weighted by molar-refractivity contribution is -0.137. The van der Waals surface area contributed by atoms with E-state index in [0.29, 0.717) is 72.5 Å². The number of anilines is 1. The summed E-state index contributed by atoms with van der Waals surface area (Å²) < 4.78 is 82.6. The van der Waals surface area contributed by atoms with E-state index in [-0.39, 0.29) is 47.5 Å². The minimum absolute atomic E-state index is 0.0400. The van der Waals surface area contributed by atoms with E-state index in [9.17, 15) is 9.18 Å². The molecule has 1 aromatic carbocycles. The van der Waals surface area contributed by atoms with Crippen LogP contribution in [-0.2, 0) is 15.7 Å². The molecule has 13 nitrogen and oxygen atoms in total. The highest BCUT2D eigenvalue weighted by molar-refractivity contribution is 6.04. The largest absolute Gasteiger partial charge is 0.461 e. The Kier molecular flexibility index (Phi) is 9.05. The van der Waals surface area contributed by atoms with E-state index in [1.54, 1.807) is 38.5 Å². The topological polar surface area (TPSA) is 115 Å². The van der Waals surface area contributed by atoms with Gasteiger partial charge in [-0.2, -0.15) is 28.2 Å². The van der Waals surface area contributed by atoms with Crippen molar-refractivity contribution in [3.05, 3.63) is 41.9 Å². The summed E-state index contributed by atoms with van der Waals surface area (Å²) in [5.74, 6) is 0.541. The number of piperazine rings is 1. The van der Waals surface area contributed by atoms with Gasteiger partial charge in [-0.3, -0.25) is 9.30 Å². The molecule has 5 fully saturated rings. The SMILES string of the molecule is Cc1cc2c(cnn2C2CCCCO2)c(-c2cc3nc(OC[C@@]45CCCN4C[C@H](F)C5)nc(N4[C@@H]5CC[C@H]4CN(C(=O)OC(C)(C)C)C5)c3n3ccnc23)c1C(F)(F)F. The summed E-state index contributed by atoms with van der Waals surface area (Å²) in [4.78, 5) is 34.1. The van der Waals surface area contributed by atoms with Gasteiger partial charge < -0.3 is 24.0 Å². The highest BCUT2D eigenvalue weighted by Gasteiger charge is 2.50. The lowest BCUT2D eigenvalue weighted by Crippen LogP contribution is -2.56. The first-order valence-electron chi connectivity index (χ1n) is 20.8. The summed E-state index contributed by atoms with van der Waals surface area (Å²) in [6.45, 7) is 9.68. The maximum atomic E-state index is 15.4. The molecule has 2 bridgehead atoms. The Morgan fingerprint density at radius 1 is 1.03 bits per heavy atom. The molecule has 314 valence electrons. The number of hydrogen-bond donors (Lipinski definition) is 0. The number of benzene rings is 1. The van der Waals surface area contributed by atoms with Crippen molar-refractivity contribution in [1.82, 2.24) is 38.9 Å². The number of hydrogen-bond acceptors (Lipinski definition) is 10. The van der Waals surface area contributed by atoms with Gasteiger partial charge in [0.25, 0.3) is 0 Å². The summed E-state index contributed by atoms with van der Waals surface area (Å²) >= 11 is 0. The second-order valence-electron chi connectivity index (χ2n) is 18.1. The number of amides is 1. The summed E-state index contributed by atoms with van der Waals surface area (Å²) in [5.41, 5.74) is 0.102. The van der Waals surface area contributed by atoms with Gasteiger partial charge in [-0.1, -0.05) is 0 Å². The molecule has 9 heterocycles. The Labute approximate surface area is 338 Å². The maximum Gasteiger partial charge on any atom is 0.417 e. The van der Waals surface area contributed by atoms with Gasteiger partial charge in [-0.25, -0.2) is 18.9 Å². The van der Waals surface area contributed by atoms with E-state index >= 15 is 13.2 Å². The van der Waals surface area contributed by atoms with Crippen molar-refractivity contribution in [3.63, 3.8) is 0 Å². The van der Waals surface area contributed by atoms with Gasteiger partial charge in [0, 0.05) is 73.7 Å². The molecule has 0 radical (unpaired) electrons. The molecule has 5 aromatic rings. The zero-order chi connectivity index (χ0) is 41.0. The van der Waals surface area contributed by atoms with Gasteiger partial charge in [0.2, 0.25) is 0 Å². The number of fused-ring (bicyclic) bond motifs is 7. The highest BCUT2D eigenvalue weighted by atomic mass is 19.4. The molecular weight excluding hydrogens is 771 g/mol. The van der Waals surface area contributed by atoms with Gasteiger partial charge in [0.1, 0.15) is 29.5 Å². The van der Waals surface area contributed by atoms with E-state index < -0.39 is 35.3 Å². The number of carbonyl (C=O) groups excluding carboxylic acids is 1. The Balaban J connectivity index is 1.15. The molecule has 5 aliphatic rings. The summed E-state index contributed by atoms with van der Waals surface area (Å²) in [5, 5.41) is 4.95. The number of carbonyl (C=O) groups is 1. The number of alkyl halides is 4. The normalized spacial score (nSPS) is 26.4. The molecule has 5 aliphatic heterocycles.